The molecule has 0 saturated carbocycles. The summed E-state index contributed by atoms with van der Waals surface area (Å²) < 4.78 is 0. The number of hydrogen-bond donors (Lipinski definition) is 2. The average Bonchev–Trinajstić information content (AvgIpc) is 2.75. The lowest BCUT2D eigenvalue weighted by molar-refractivity contribution is 0.318. The summed E-state index contributed by atoms with van der Waals surface area (Å²) in [6.07, 6.45) is 4.22. The van der Waals surface area contributed by atoms with E-state index in [4.69, 9.17) is 10.9 Å². The fourth-order valence-corrected chi connectivity index (χ4v) is 2.08. The molecule has 0 spiro atoms. The van der Waals surface area contributed by atoms with Crippen LogP contribution in [0.2, 0.25) is 0 Å². The Balaban J connectivity index is 2.19. The standard InChI is InChI=1S/C11H16N4O/c1-8-3-2-6-15(8)9-4-5-10(13-7-9)11(12)14-16/h4-5,7-8,16H,2-3,6H2,1H3,(H2,12,14). The van der Waals surface area contributed by atoms with Crippen LogP contribution < -0.4 is 10.6 Å². The van der Waals surface area contributed by atoms with Crippen molar-refractivity contribution in [3.63, 3.8) is 0 Å². The lowest BCUT2D eigenvalue weighted by Crippen LogP contribution is -2.26. The maximum Gasteiger partial charge on any atom is 0.188 e. The van der Waals surface area contributed by atoms with E-state index in [-0.39, 0.29) is 5.84 Å². The van der Waals surface area contributed by atoms with Crippen molar-refractivity contribution >= 4 is 11.5 Å². The second-order valence-corrected chi connectivity index (χ2v) is 4.07. The summed E-state index contributed by atoms with van der Waals surface area (Å²) in [5, 5.41) is 11.4. The zero-order valence-corrected chi connectivity index (χ0v) is 9.30. The van der Waals surface area contributed by atoms with Gasteiger partial charge >= 0.3 is 0 Å². The first-order valence-electron chi connectivity index (χ1n) is 5.43. The van der Waals surface area contributed by atoms with E-state index in [2.05, 4.69) is 22.0 Å². The topological polar surface area (TPSA) is 74.7 Å². The van der Waals surface area contributed by atoms with Gasteiger partial charge in [-0.05, 0) is 31.9 Å². The molecule has 1 atom stereocenters. The van der Waals surface area contributed by atoms with Crippen LogP contribution in [0.1, 0.15) is 25.5 Å². The van der Waals surface area contributed by atoms with Gasteiger partial charge in [0.05, 0.1) is 11.9 Å². The molecule has 0 radical (unpaired) electrons. The van der Waals surface area contributed by atoms with Crippen molar-refractivity contribution in [3.05, 3.63) is 24.0 Å². The van der Waals surface area contributed by atoms with E-state index in [1.165, 1.54) is 12.8 Å². The van der Waals surface area contributed by atoms with Crippen LogP contribution in [0.25, 0.3) is 0 Å². The van der Waals surface area contributed by atoms with E-state index in [0.29, 0.717) is 11.7 Å². The number of anilines is 1. The number of pyridine rings is 1. The molecule has 1 aromatic heterocycles. The number of nitrogens with two attached hydrogens (primary N) is 1. The smallest absolute Gasteiger partial charge is 0.188 e. The van der Waals surface area contributed by atoms with Crippen molar-refractivity contribution in [2.24, 2.45) is 10.9 Å². The van der Waals surface area contributed by atoms with Crippen LogP contribution in [-0.2, 0) is 0 Å². The highest BCUT2D eigenvalue weighted by atomic mass is 16.4. The zero-order valence-electron chi connectivity index (χ0n) is 9.30. The van der Waals surface area contributed by atoms with Gasteiger partial charge in [-0.25, -0.2) is 0 Å². The van der Waals surface area contributed by atoms with Crippen molar-refractivity contribution in [2.75, 3.05) is 11.4 Å². The third-order valence-corrected chi connectivity index (χ3v) is 3.00. The largest absolute Gasteiger partial charge is 0.409 e. The quantitative estimate of drug-likeness (QED) is 0.339. The Bertz CT molecular complexity index is 387. The van der Waals surface area contributed by atoms with E-state index < -0.39 is 0 Å². The van der Waals surface area contributed by atoms with E-state index in [1.807, 2.05) is 6.07 Å². The van der Waals surface area contributed by atoms with Crippen molar-refractivity contribution < 1.29 is 5.21 Å². The Morgan fingerprint density at radius 3 is 2.94 bits per heavy atom. The molecule has 16 heavy (non-hydrogen) atoms. The highest BCUT2D eigenvalue weighted by Crippen LogP contribution is 2.24. The number of nitrogens with zero attached hydrogens (tertiary/aromatic N) is 3. The molecular formula is C11H16N4O. The molecule has 1 fully saturated rings. The molecule has 1 aliphatic heterocycles. The molecule has 0 bridgehead atoms. The van der Waals surface area contributed by atoms with E-state index >= 15 is 0 Å². The molecule has 5 nitrogen and oxygen atoms in total. The summed E-state index contributed by atoms with van der Waals surface area (Å²) in [5.41, 5.74) is 7.04. The number of rotatable bonds is 2. The molecule has 1 saturated heterocycles. The summed E-state index contributed by atoms with van der Waals surface area (Å²) in [6, 6.07) is 4.30. The van der Waals surface area contributed by atoms with Crippen molar-refractivity contribution in [2.45, 2.75) is 25.8 Å². The predicted molar refractivity (Wildman–Crippen MR) is 62.8 cm³/mol. The van der Waals surface area contributed by atoms with Crippen LogP contribution in [0.3, 0.4) is 0 Å². The van der Waals surface area contributed by atoms with Crippen LogP contribution in [-0.4, -0.2) is 28.6 Å². The number of amidine groups is 1. The maximum atomic E-state index is 8.52. The molecule has 2 rings (SSSR count). The van der Waals surface area contributed by atoms with Crippen molar-refractivity contribution in [1.82, 2.24) is 4.98 Å². The van der Waals surface area contributed by atoms with Crippen LogP contribution in [0.4, 0.5) is 5.69 Å². The Labute approximate surface area is 94.6 Å². The van der Waals surface area contributed by atoms with E-state index in [1.54, 1.807) is 12.3 Å². The predicted octanol–water partition coefficient (Wildman–Crippen LogP) is 1.16. The minimum atomic E-state index is 0.0426. The molecular weight excluding hydrogens is 204 g/mol. The Morgan fingerprint density at radius 1 is 1.62 bits per heavy atom. The van der Waals surface area contributed by atoms with Gasteiger partial charge in [0.25, 0.3) is 0 Å². The number of oxime groups is 1. The molecule has 1 aromatic rings. The van der Waals surface area contributed by atoms with Gasteiger partial charge in [-0.15, -0.1) is 0 Å². The Kier molecular flexibility index (Phi) is 2.94. The minimum absolute atomic E-state index is 0.0426. The summed E-state index contributed by atoms with van der Waals surface area (Å²) in [4.78, 5) is 6.49. The lowest BCUT2D eigenvalue weighted by atomic mass is 10.2. The average molecular weight is 220 g/mol. The molecule has 1 aliphatic rings. The van der Waals surface area contributed by atoms with Gasteiger partial charge in [-0.3, -0.25) is 4.98 Å². The van der Waals surface area contributed by atoms with Gasteiger partial charge < -0.3 is 15.8 Å². The summed E-state index contributed by atoms with van der Waals surface area (Å²) in [6.45, 7) is 3.29. The zero-order chi connectivity index (χ0) is 11.5. The second kappa shape index (κ2) is 4.38. The normalized spacial score (nSPS) is 21.4. The third-order valence-electron chi connectivity index (χ3n) is 3.00. The number of aromatic nitrogens is 1. The van der Waals surface area contributed by atoms with Crippen LogP contribution in [0.15, 0.2) is 23.5 Å². The molecule has 3 N–H and O–H groups in total. The molecule has 2 heterocycles. The monoisotopic (exact) mass is 220 g/mol. The fraction of sp³-hybridized carbons (Fsp3) is 0.455. The van der Waals surface area contributed by atoms with Crippen molar-refractivity contribution in [3.8, 4) is 0 Å². The fourth-order valence-electron chi connectivity index (χ4n) is 2.08. The summed E-state index contributed by atoms with van der Waals surface area (Å²) in [7, 11) is 0. The molecule has 5 heteroatoms. The second-order valence-electron chi connectivity index (χ2n) is 4.07. The van der Waals surface area contributed by atoms with Gasteiger partial charge in [0.1, 0.15) is 5.69 Å². The third kappa shape index (κ3) is 1.93. The minimum Gasteiger partial charge on any atom is -0.409 e. The van der Waals surface area contributed by atoms with Gasteiger partial charge in [-0.2, -0.15) is 0 Å². The lowest BCUT2D eigenvalue weighted by Gasteiger charge is -2.23. The summed E-state index contributed by atoms with van der Waals surface area (Å²) in [5.74, 6) is 0.0426. The van der Waals surface area contributed by atoms with E-state index in [0.717, 1.165) is 12.2 Å². The van der Waals surface area contributed by atoms with Gasteiger partial charge in [0.2, 0.25) is 0 Å². The SMILES string of the molecule is CC1CCCN1c1ccc(/C(N)=N/O)nc1. The first kappa shape index (κ1) is 10.7. The van der Waals surface area contributed by atoms with Crippen LogP contribution in [0, 0.1) is 0 Å². The Hall–Kier alpha value is -1.78. The molecule has 86 valence electrons. The Morgan fingerprint density at radius 2 is 2.44 bits per heavy atom. The molecule has 1 unspecified atom stereocenters. The molecule has 0 aliphatic carbocycles. The van der Waals surface area contributed by atoms with E-state index in [9.17, 15) is 0 Å². The van der Waals surface area contributed by atoms with Crippen molar-refractivity contribution in [1.29, 1.82) is 0 Å². The maximum absolute atomic E-state index is 8.52. The molecule has 0 amide bonds. The summed E-state index contributed by atoms with van der Waals surface area (Å²) >= 11 is 0. The van der Waals surface area contributed by atoms with Gasteiger partial charge in [-0.1, -0.05) is 5.16 Å². The van der Waals surface area contributed by atoms with Gasteiger partial charge in [0.15, 0.2) is 5.84 Å². The first-order chi connectivity index (χ1) is 7.72. The highest BCUT2D eigenvalue weighted by Gasteiger charge is 2.20. The highest BCUT2D eigenvalue weighted by molar-refractivity contribution is 5.95. The van der Waals surface area contributed by atoms with Gasteiger partial charge in [0, 0.05) is 12.6 Å². The van der Waals surface area contributed by atoms with Crippen LogP contribution in [0.5, 0.6) is 0 Å². The molecule has 0 aromatic carbocycles. The number of hydrogen-bond acceptors (Lipinski definition) is 4. The first-order valence-corrected chi connectivity index (χ1v) is 5.43. The van der Waals surface area contributed by atoms with Crippen LogP contribution >= 0.6 is 0 Å².